The fraction of sp³-hybridized carbons (Fsp3) is 0.500. The van der Waals surface area contributed by atoms with E-state index in [1.165, 1.54) is 7.11 Å². The van der Waals surface area contributed by atoms with Crippen molar-refractivity contribution in [2.75, 3.05) is 20.2 Å². The number of rotatable bonds is 4. The van der Waals surface area contributed by atoms with Crippen LogP contribution in [-0.4, -0.2) is 31.1 Å². The maximum Gasteiger partial charge on any atom is 0.310 e. The first kappa shape index (κ1) is 14.0. The van der Waals surface area contributed by atoms with Gasteiger partial charge < -0.3 is 10.5 Å². The molecule has 5 heteroatoms. The van der Waals surface area contributed by atoms with E-state index in [1.54, 1.807) is 12.1 Å². The Morgan fingerprint density at radius 1 is 1.53 bits per heavy atom. The summed E-state index contributed by atoms with van der Waals surface area (Å²) in [7, 11) is 1.40. The number of methoxy groups -OCH3 is 1. The zero-order chi connectivity index (χ0) is 13.8. The molecule has 2 rings (SSSR count). The van der Waals surface area contributed by atoms with Gasteiger partial charge >= 0.3 is 5.97 Å². The normalized spacial score (nSPS) is 19.6. The Hall–Kier alpha value is -1.46. The van der Waals surface area contributed by atoms with E-state index < -0.39 is 0 Å². The van der Waals surface area contributed by atoms with Crippen molar-refractivity contribution < 1.29 is 13.9 Å². The van der Waals surface area contributed by atoms with Crippen molar-refractivity contribution in [1.29, 1.82) is 0 Å². The molecule has 0 radical (unpaired) electrons. The van der Waals surface area contributed by atoms with Gasteiger partial charge in [0, 0.05) is 30.8 Å². The summed E-state index contributed by atoms with van der Waals surface area (Å²) in [5.41, 5.74) is 6.65. The van der Waals surface area contributed by atoms with E-state index in [2.05, 4.69) is 4.90 Å². The van der Waals surface area contributed by atoms with Crippen LogP contribution >= 0.6 is 0 Å². The van der Waals surface area contributed by atoms with Crippen molar-refractivity contribution in [2.24, 2.45) is 11.7 Å². The molecule has 19 heavy (non-hydrogen) atoms. The fourth-order valence-corrected chi connectivity index (χ4v) is 2.49. The second-order valence-corrected chi connectivity index (χ2v) is 4.84. The largest absolute Gasteiger partial charge is 0.469 e. The van der Waals surface area contributed by atoms with Crippen LogP contribution in [0.3, 0.4) is 0 Å². The number of hydrogen-bond donors (Lipinski definition) is 1. The van der Waals surface area contributed by atoms with Gasteiger partial charge in [-0.3, -0.25) is 9.69 Å². The van der Waals surface area contributed by atoms with E-state index in [0.717, 1.165) is 13.0 Å². The number of ether oxygens (including phenoxy) is 1. The molecular weight excluding hydrogens is 247 g/mol. The molecule has 1 aromatic carbocycles. The smallest absolute Gasteiger partial charge is 0.310 e. The molecule has 4 nitrogen and oxygen atoms in total. The molecule has 0 aliphatic carbocycles. The molecule has 1 heterocycles. The Labute approximate surface area is 112 Å². The molecule has 0 saturated carbocycles. The van der Waals surface area contributed by atoms with Gasteiger partial charge in [0.1, 0.15) is 5.82 Å². The fourth-order valence-electron chi connectivity index (χ4n) is 2.49. The Morgan fingerprint density at radius 3 is 2.95 bits per heavy atom. The molecule has 1 aromatic rings. The van der Waals surface area contributed by atoms with Crippen LogP contribution in [0.4, 0.5) is 4.39 Å². The van der Waals surface area contributed by atoms with E-state index in [-0.39, 0.29) is 24.2 Å². The molecular formula is C14H19FN2O2. The first-order valence-corrected chi connectivity index (χ1v) is 6.42. The second kappa shape index (κ2) is 6.12. The summed E-state index contributed by atoms with van der Waals surface area (Å²) in [6.45, 7) is 2.11. The number of halogens is 1. The maximum absolute atomic E-state index is 14.0. The van der Waals surface area contributed by atoms with Crippen molar-refractivity contribution in [3.05, 3.63) is 35.1 Å². The lowest BCUT2D eigenvalue weighted by Crippen LogP contribution is -2.24. The summed E-state index contributed by atoms with van der Waals surface area (Å²) in [4.78, 5) is 13.5. The van der Waals surface area contributed by atoms with Crippen LogP contribution in [0, 0.1) is 11.7 Å². The first-order valence-electron chi connectivity index (χ1n) is 6.42. The molecule has 1 aliphatic heterocycles. The summed E-state index contributed by atoms with van der Waals surface area (Å²) >= 11 is 0. The minimum absolute atomic E-state index is 0.0919. The highest BCUT2D eigenvalue weighted by Gasteiger charge is 2.29. The van der Waals surface area contributed by atoms with Gasteiger partial charge in [-0.15, -0.1) is 0 Å². The summed E-state index contributed by atoms with van der Waals surface area (Å²) in [6.07, 6.45) is 0.769. The van der Waals surface area contributed by atoms with Gasteiger partial charge in [0.05, 0.1) is 13.0 Å². The number of esters is 1. The van der Waals surface area contributed by atoms with Crippen LogP contribution in [0.25, 0.3) is 0 Å². The molecule has 0 bridgehead atoms. The summed E-state index contributed by atoms with van der Waals surface area (Å²) in [5.74, 6) is -0.504. The van der Waals surface area contributed by atoms with Gasteiger partial charge in [-0.25, -0.2) is 4.39 Å². The highest BCUT2D eigenvalue weighted by atomic mass is 19.1. The molecule has 104 valence electrons. The van der Waals surface area contributed by atoms with Crippen molar-refractivity contribution >= 4 is 5.97 Å². The molecule has 1 unspecified atom stereocenters. The van der Waals surface area contributed by atoms with E-state index in [0.29, 0.717) is 24.2 Å². The van der Waals surface area contributed by atoms with Crippen molar-refractivity contribution in [2.45, 2.75) is 19.5 Å². The predicted molar refractivity (Wildman–Crippen MR) is 69.7 cm³/mol. The van der Waals surface area contributed by atoms with E-state index >= 15 is 0 Å². The lowest BCUT2D eigenvalue weighted by atomic mass is 10.1. The summed E-state index contributed by atoms with van der Waals surface area (Å²) < 4.78 is 18.8. The standard InChI is InChI=1S/C14H19FN2O2/c1-19-14(18)12-5-6-17(9-12)8-11-4-2-3-10(7-16)13(11)15/h2-4,12H,5-9,16H2,1H3. The van der Waals surface area contributed by atoms with Crippen LogP contribution in [-0.2, 0) is 22.6 Å². The molecule has 1 saturated heterocycles. The lowest BCUT2D eigenvalue weighted by molar-refractivity contribution is -0.144. The van der Waals surface area contributed by atoms with Crippen LogP contribution in [0.15, 0.2) is 18.2 Å². The molecule has 0 aromatic heterocycles. The quantitative estimate of drug-likeness (QED) is 0.834. The number of nitrogens with zero attached hydrogens (tertiary/aromatic N) is 1. The monoisotopic (exact) mass is 266 g/mol. The average Bonchev–Trinajstić information content (AvgIpc) is 2.89. The minimum Gasteiger partial charge on any atom is -0.469 e. The van der Waals surface area contributed by atoms with Gasteiger partial charge in [-0.2, -0.15) is 0 Å². The lowest BCUT2D eigenvalue weighted by Gasteiger charge is -2.16. The molecule has 2 N–H and O–H groups in total. The number of hydrogen-bond acceptors (Lipinski definition) is 4. The predicted octanol–water partition coefficient (Wildman–Crippen LogP) is 1.28. The van der Waals surface area contributed by atoms with Crippen LogP contribution in [0.2, 0.25) is 0 Å². The van der Waals surface area contributed by atoms with Crippen LogP contribution in [0.5, 0.6) is 0 Å². The number of nitrogens with two attached hydrogens (primary N) is 1. The third-order valence-corrected chi connectivity index (χ3v) is 3.58. The van der Waals surface area contributed by atoms with E-state index in [9.17, 15) is 9.18 Å². The second-order valence-electron chi connectivity index (χ2n) is 4.84. The van der Waals surface area contributed by atoms with E-state index in [4.69, 9.17) is 10.5 Å². The number of carbonyl (C=O) groups is 1. The zero-order valence-electron chi connectivity index (χ0n) is 11.1. The van der Waals surface area contributed by atoms with E-state index in [1.807, 2.05) is 6.07 Å². The SMILES string of the molecule is COC(=O)C1CCN(Cc2cccc(CN)c2F)C1. The molecule has 0 amide bonds. The first-order chi connectivity index (χ1) is 9.15. The molecule has 1 aliphatic rings. The average molecular weight is 266 g/mol. The summed E-state index contributed by atoms with van der Waals surface area (Å²) in [5, 5.41) is 0. The molecule has 1 fully saturated rings. The minimum atomic E-state index is -0.230. The highest BCUT2D eigenvalue weighted by molar-refractivity contribution is 5.72. The number of carbonyl (C=O) groups excluding carboxylic acids is 1. The Balaban J connectivity index is 2.01. The summed E-state index contributed by atoms with van der Waals surface area (Å²) in [6, 6.07) is 5.27. The van der Waals surface area contributed by atoms with Gasteiger partial charge in [-0.05, 0) is 13.0 Å². The Bertz CT molecular complexity index is 465. The van der Waals surface area contributed by atoms with Crippen molar-refractivity contribution in [1.82, 2.24) is 4.90 Å². The Kier molecular flexibility index (Phi) is 4.50. The Morgan fingerprint density at radius 2 is 2.26 bits per heavy atom. The third-order valence-electron chi connectivity index (χ3n) is 3.58. The van der Waals surface area contributed by atoms with Crippen molar-refractivity contribution in [3.63, 3.8) is 0 Å². The highest BCUT2D eigenvalue weighted by Crippen LogP contribution is 2.21. The van der Waals surface area contributed by atoms with Crippen LogP contribution in [0.1, 0.15) is 17.5 Å². The van der Waals surface area contributed by atoms with Gasteiger partial charge in [-0.1, -0.05) is 18.2 Å². The molecule has 1 atom stereocenters. The topological polar surface area (TPSA) is 55.6 Å². The number of benzene rings is 1. The third kappa shape index (κ3) is 3.11. The van der Waals surface area contributed by atoms with Crippen molar-refractivity contribution in [3.8, 4) is 0 Å². The van der Waals surface area contributed by atoms with Gasteiger partial charge in [0.2, 0.25) is 0 Å². The van der Waals surface area contributed by atoms with Gasteiger partial charge in [0.15, 0.2) is 0 Å². The van der Waals surface area contributed by atoms with Crippen LogP contribution < -0.4 is 5.73 Å². The van der Waals surface area contributed by atoms with Gasteiger partial charge in [0.25, 0.3) is 0 Å². The maximum atomic E-state index is 14.0. The zero-order valence-corrected chi connectivity index (χ0v) is 11.1. The molecule has 0 spiro atoms. The number of likely N-dealkylation sites (tertiary alicyclic amines) is 1.